The zero-order chi connectivity index (χ0) is 11.5. The van der Waals surface area contributed by atoms with Gasteiger partial charge in [0.05, 0.1) is 0 Å². The van der Waals surface area contributed by atoms with Gasteiger partial charge in [0, 0.05) is 19.1 Å². The Kier molecular flexibility index (Phi) is 3.38. The van der Waals surface area contributed by atoms with E-state index in [9.17, 15) is 0 Å². The van der Waals surface area contributed by atoms with Crippen molar-refractivity contribution in [1.29, 1.82) is 0 Å². The number of hydrogen-bond acceptors (Lipinski definition) is 5. The quantitative estimate of drug-likeness (QED) is 0.862. The van der Waals surface area contributed by atoms with Gasteiger partial charge in [0.25, 0.3) is 0 Å². The highest BCUT2D eigenvalue weighted by atomic mass is 16.5. The van der Waals surface area contributed by atoms with Crippen LogP contribution in [0, 0.1) is 0 Å². The first-order chi connectivity index (χ1) is 8.42. The fourth-order valence-electron chi connectivity index (χ4n) is 2.58. The van der Waals surface area contributed by atoms with Crippen molar-refractivity contribution in [3.63, 3.8) is 0 Å². The molecule has 0 spiro atoms. The average molecular weight is 237 g/mol. The highest BCUT2D eigenvalue weighted by Gasteiger charge is 2.23. The molecule has 2 aliphatic rings. The fraction of sp³-hybridized carbons (Fsp3) is 0.833. The van der Waals surface area contributed by atoms with Gasteiger partial charge in [-0.05, 0) is 38.6 Å². The van der Waals surface area contributed by atoms with E-state index in [0.717, 1.165) is 50.6 Å². The van der Waals surface area contributed by atoms with Crippen molar-refractivity contribution >= 4 is 0 Å². The normalized spacial score (nSPS) is 28.9. The third kappa shape index (κ3) is 2.66. The Balaban J connectivity index is 1.52. The van der Waals surface area contributed by atoms with Crippen molar-refractivity contribution in [2.75, 3.05) is 13.2 Å². The molecular formula is C12H19N3O2. The molecule has 0 aliphatic carbocycles. The molecule has 2 aliphatic heterocycles. The molecule has 1 aromatic rings. The second kappa shape index (κ2) is 5.14. The molecule has 0 aromatic carbocycles. The summed E-state index contributed by atoms with van der Waals surface area (Å²) in [4.78, 5) is 4.42. The molecule has 1 N–H and O–H groups in total. The Hall–Kier alpha value is -0.940. The summed E-state index contributed by atoms with van der Waals surface area (Å²) >= 11 is 0. The Labute approximate surface area is 101 Å². The van der Waals surface area contributed by atoms with E-state index in [1.165, 1.54) is 12.8 Å². The first-order valence-corrected chi connectivity index (χ1v) is 6.59. The summed E-state index contributed by atoms with van der Waals surface area (Å²) in [5.74, 6) is 1.49. The number of ether oxygens (including phenoxy) is 1. The molecule has 0 amide bonds. The number of aromatic nitrogens is 2. The molecule has 2 unspecified atom stereocenters. The number of aryl methyl sites for hydroxylation is 1. The first-order valence-electron chi connectivity index (χ1n) is 6.59. The average Bonchev–Trinajstić information content (AvgIpc) is 3.09. The maximum Gasteiger partial charge on any atom is 0.226 e. The lowest BCUT2D eigenvalue weighted by molar-refractivity contribution is 0.103. The van der Waals surface area contributed by atoms with Crippen LogP contribution < -0.4 is 5.32 Å². The van der Waals surface area contributed by atoms with Crippen molar-refractivity contribution in [3.8, 4) is 0 Å². The molecular weight excluding hydrogens is 218 g/mol. The maximum atomic E-state index is 5.53. The van der Waals surface area contributed by atoms with E-state index in [4.69, 9.17) is 9.26 Å². The van der Waals surface area contributed by atoms with E-state index in [-0.39, 0.29) is 6.10 Å². The van der Waals surface area contributed by atoms with Gasteiger partial charge < -0.3 is 14.6 Å². The second-order valence-electron chi connectivity index (χ2n) is 4.88. The lowest BCUT2D eigenvalue weighted by Crippen LogP contribution is -2.21. The molecule has 17 heavy (non-hydrogen) atoms. The Morgan fingerprint density at radius 3 is 3.06 bits per heavy atom. The fourth-order valence-corrected chi connectivity index (χ4v) is 2.58. The molecule has 3 heterocycles. The number of nitrogens with zero attached hydrogens (tertiary/aromatic N) is 2. The molecule has 3 rings (SSSR count). The van der Waals surface area contributed by atoms with Gasteiger partial charge in [-0.3, -0.25) is 0 Å². The van der Waals surface area contributed by atoms with Crippen LogP contribution in [-0.4, -0.2) is 29.3 Å². The summed E-state index contributed by atoms with van der Waals surface area (Å²) in [6.45, 7) is 1.97. The van der Waals surface area contributed by atoms with Gasteiger partial charge in [0.15, 0.2) is 0 Å². The lowest BCUT2D eigenvalue weighted by atomic mass is 10.1. The van der Waals surface area contributed by atoms with Crippen molar-refractivity contribution < 1.29 is 9.26 Å². The second-order valence-corrected chi connectivity index (χ2v) is 4.88. The van der Waals surface area contributed by atoms with Gasteiger partial charge in [-0.2, -0.15) is 4.98 Å². The standard InChI is InChI=1S/C12H19N3O2/c1-3-9(13-7-1)5-6-11-14-12(15-17-11)10-4-2-8-16-10/h9-10,13H,1-8H2. The van der Waals surface area contributed by atoms with Crippen LogP contribution in [0.15, 0.2) is 4.52 Å². The van der Waals surface area contributed by atoms with Gasteiger partial charge in [-0.1, -0.05) is 5.16 Å². The predicted octanol–water partition coefficient (Wildman–Crippen LogP) is 1.61. The summed E-state index contributed by atoms with van der Waals surface area (Å²) in [6, 6.07) is 0.632. The zero-order valence-corrected chi connectivity index (χ0v) is 10.0. The Morgan fingerprint density at radius 1 is 1.29 bits per heavy atom. The molecule has 2 atom stereocenters. The molecule has 0 radical (unpaired) electrons. The molecule has 0 bridgehead atoms. The van der Waals surface area contributed by atoms with Crippen LogP contribution >= 0.6 is 0 Å². The van der Waals surface area contributed by atoms with E-state index in [2.05, 4.69) is 15.5 Å². The lowest BCUT2D eigenvalue weighted by Gasteiger charge is -2.06. The number of hydrogen-bond donors (Lipinski definition) is 1. The van der Waals surface area contributed by atoms with Crippen molar-refractivity contribution in [3.05, 3.63) is 11.7 Å². The minimum absolute atomic E-state index is 0.0668. The first kappa shape index (κ1) is 11.2. The van der Waals surface area contributed by atoms with Gasteiger partial charge in [-0.25, -0.2) is 0 Å². The molecule has 2 saturated heterocycles. The van der Waals surface area contributed by atoms with Gasteiger partial charge in [0.2, 0.25) is 11.7 Å². The van der Waals surface area contributed by atoms with Crippen LogP contribution in [-0.2, 0) is 11.2 Å². The van der Waals surface area contributed by atoms with E-state index in [1.807, 2.05) is 0 Å². The Bertz CT molecular complexity index is 354. The van der Waals surface area contributed by atoms with Gasteiger partial charge >= 0.3 is 0 Å². The van der Waals surface area contributed by atoms with Crippen molar-refractivity contribution in [2.24, 2.45) is 0 Å². The maximum absolute atomic E-state index is 5.53. The smallest absolute Gasteiger partial charge is 0.226 e. The third-order valence-electron chi connectivity index (χ3n) is 3.57. The summed E-state index contributed by atoms with van der Waals surface area (Å²) in [5, 5.41) is 7.49. The van der Waals surface area contributed by atoms with Crippen molar-refractivity contribution in [2.45, 2.75) is 50.7 Å². The van der Waals surface area contributed by atoms with Crippen LogP contribution in [0.3, 0.4) is 0 Å². The molecule has 2 fully saturated rings. The minimum atomic E-state index is 0.0668. The minimum Gasteiger partial charge on any atom is -0.370 e. The molecule has 5 heteroatoms. The topological polar surface area (TPSA) is 60.2 Å². The van der Waals surface area contributed by atoms with Crippen LogP contribution in [0.4, 0.5) is 0 Å². The summed E-state index contributed by atoms with van der Waals surface area (Å²) in [5.41, 5.74) is 0. The SMILES string of the molecule is C1CNC(CCc2nc(C3CCCO3)no2)C1. The van der Waals surface area contributed by atoms with Crippen LogP contribution in [0.5, 0.6) is 0 Å². The largest absolute Gasteiger partial charge is 0.370 e. The Morgan fingerprint density at radius 2 is 2.29 bits per heavy atom. The number of rotatable bonds is 4. The zero-order valence-electron chi connectivity index (χ0n) is 10.0. The predicted molar refractivity (Wildman–Crippen MR) is 61.6 cm³/mol. The van der Waals surface area contributed by atoms with E-state index < -0.39 is 0 Å². The highest BCUT2D eigenvalue weighted by molar-refractivity contribution is 4.93. The number of nitrogens with one attached hydrogen (secondary N) is 1. The van der Waals surface area contributed by atoms with Gasteiger partial charge in [-0.15, -0.1) is 0 Å². The van der Waals surface area contributed by atoms with Crippen LogP contribution in [0.2, 0.25) is 0 Å². The summed E-state index contributed by atoms with van der Waals surface area (Å²) < 4.78 is 10.8. The third-order valence-corrected chi connectivity index (χ3v) is 3.57. The van der Waals surface area contributed by atoms with E-state index in [0.29, 0.717) is 6.04 Å². The molecule has 0 saturated carbocycles. The molecule has 5 nitrogen and oxygen atoms in total. The van der Waals surface area contributed by atoms with E-state index >= 15 is 0 Å². The monoisotopic (exact) mass is 237 g/mol. The van der Waals surface area contributed by atoms with Crippen molar-refractivity contribution in [1.82, 2.24) is 15.5 Å². The molecule has 1 aromatic heterocycles. The van der Waals surface area contributed by atoms with Crippen LogP contribution in [0.1, 0.15) is 49.9 Å². The van der Waals surface area contributed by atoms with Crippen LogP contribution in [0.25, 0.3) is 0 Å². The summed E-state index contributed by atoms with van der Waals surface area (Å²) in [7, 11) is 0. The van der Waals surface area contributed by atoms with Gasteiger partial charge in [0.1, 0.15) is 6.10 Å². The molecule has 94 valence electrons. The van der Waals surface area contributed by atoms with E-state index in [1.54, 1.807) is 0 Å². The highest BCUT2D eigenvalue weighted by Crippen LogP contribution is 2.26. The summed E-state index contributed by atoms with van der Waals surface area (Å²) in [6.07, 6.45) is 6.70.